The molecule has 4 heteroatoms. The second kappa shape index (κ2) is 13.1. The van der Waals surface area contributed by atoms with Gasteiger partial charge in [-0.05, 0) is 89.6 Å². The number of hydrogen-bond donors (Lipinski definition) is 0. The molecule has 2 heterocycles. The van der Waals surface area contributed by atoms with Gasteiger partial charge >= 0.3 is 0 Å². The summed E-state index contributed by atoms with van der Waals surface area (Å²) in [4.78, 5) is 4.75. The van der Waals surface area contributed by atoms with Crippen molar-refractivity contribution in [3.8, 4) is 5.69 Å². The van der Waals surface area contributed by atoms with Gasteiger partial charge in [-0.3, -0.25) is 0 Å². The monoisotopic (exact) mass is 717 g/mol. The van der Waals surface area contributed by atoms with Crippen LogP contribution in [0.4, 0.5) is 34.1 Å². The van der Waals surface area contributed by atoms with Crippen LogP contribution in [0.1, 0.15) is 0 Å². The van der Waals surface area contributed by atoms with Gasteiger partial charge in [0.05, 0.1) is 28.1 Å². The van der Waals surface area contributed by atoms with E-state index in [4.69, 9.17) is 4.42 Å². The Morgan fingerprint density at radius 1 is 0.357 bits per heavy atom. The molecular formula is C52H35N3O. The standard InChI is InChI=1S/C52H35N3O/c1-4-19-38(20-5-1)53(39-21-6-2-7-22-39)48-34-42(54(40-23-8-3-9-24-40)47-29-16-27-44-43-25-13-15-30-50(43)56-52(44)47)35-49-51(48)45-26-12-14-28-46(45)55(49)41-32-31-36-17-10-11-18-37(36)33-41/h1-35H. The average molecular weight is 718 g/mol. The molecule has 0 bridgehead atoms. The van der Waals surface area contributed by atoms with E-state index in [1.54, 1.807) is 0 Å². The number of furan rings is 1. The van der Waals surface area contributed by atoms with Gasteiger partial charge in [-0.2, -0.15) is 0 Å². The van der Waals surface area contributed by atoms with Crippen LogP contribution in [0.5, 0.6) is 0 Å². The lowest BCUT2D eigenvalue weighted by molar-refractivity contribution is 0.669. The first kappa shape index (κ1) is 31.9. The van der Waals surface area contributed by atoms with Crippen molar-refractivity contribution >= 4 is 88.6 Å². The highest BCUT2D eigenvalue weighted by Gasteiger charge is 2.26. The molecule has 11 rings (SSSR count). The van der Waals surface area contributed by atoms with E-state index in [-0.39, 0.29) is 0 Å². The van der Waals surface area contributed by atoms with Crippen LogP contribution in [0.2, 0.25) is 0 Å². The maximum absolute atomic E-state index is 6.74. The van der Waals surface area contributed by atoms with E-state index in [0.717, 1.165) is 72.8 Å². The molecule has 4 nitrogen and oxygen atoms in total. The Kier molecular flexibility index (Phi) is 7.46. The molecule has 0 aliphatic rings. The van der Waals surface area contributed by atoms with Crippen molar-refractivity contribution in [3.63, 3.8) is 0 Å². The van der Waals surface area contributed by atoms with E-state index in [0.29, 0.717) is 0 Å². The highest BCUT2D eigenvalue weighted by molar-refractivity contribution is 6.18. The number of fused-ring (bicyclic) bond motifs is 7. The van der Waals surface area contributed by atoms with Gasteiger partial charge < -0.3 is 18.8 Å². The molecule has 9 aromatic carbocycles. The summed E-state index contributed by atoms with van der Waals surface area (Å²) in [5.41, 5.74) is 11.3. The van der Waals surface area contributed by atoms with Gasteiger partial charge in [0.2, 0.25) is 0 Å². The Labute approximate surface area is 324 Å². The van der Waals surface area contributed by atoms with E-state index in [2.05, 4.69) is 221 Å². The van der Waals surface area contributed by atoms with Crippen LogP contribution in [-0.4, -0.2) is 4.57 Å². The minimum atomic E-state index is 0.845. The summed E-state index contributed by atoms with van der Waals surface area (Å²) < 4.78 is 9.17. The summed E-state index contributed by atoms with van der Waals surface area (Å²) in [6, 6.07) is 75.7. The van der Waals surface area contributed by atoms with Crippen LogP contribution in [0.3, 0.4) is 0 Å². The molecule has 0 spiro atoms. The smallest absolute Gasteiger partial charge is 0.159 e. The molecule has 0 saturated heterocycles. The van der Waals surface area contributed by atoms with Crippen molar-refractivity contribution < 1.29 is 4.42 Å². The molecule has 0 aliphatic carbocycles. The molecule has 0 N–H and O–H groups in total. The van der Waals surface area contributed by atoms with Crippen LogP contribution in [0.25, 0.3) is 60.2 Å². The highest BCUT2D eigenvalue weighted by atomic mass is 16.3. The lowest BCUT2D eigenvalue weighted by Gasteiger charge is -2.30. The van der Waals surface area contributed by atoms with Gasteiger partial charge in [-0.1, -0.05) is 133 Å². The predicted octanol–water partition coefficient (Wildman–Crippen LogP) is 14.8. The van der Waals surface area contributed by atoms with Crippen molar-refractivity contribution in [2.24, 2.45) is 0 Å². The SMILES string of the molecule is c1ccc(N(c2cc(N(c3ccccc3)c3ccccc3)c3c4ccccc4n(-c4ccc5ccccc5c4)c3c2)c2cccc3c2oc2ccccc23)cc1. The van der Waals surface area contributed by atoms with E-state index in [1.165, 1.54) is 21.5 Å². The van der Waals surface area contributed by atoms with E-state index < -0.39 is 0 Å². The van der Waals surface area contributed by atoms with E-state index in [9.17, 15) is 0 Å². The fraction of sp³-hybridized carbons (Fsp3) is 0. The second-order valence-corrected chi connectivity index (χ2v) is 14.2. The van der Waals surface area contributed by atoms with Crippen LogP contribution in [-0.2, 0) is 0 Å². The number of aromatic nitrogens is 1. The van der Waals surface area contributed by atoms with Crippen molar-refractivity contribution in [1.29, 1.82) is 0 Å². The van der Waals surface area contributed by atoms with Crippen LogP contribution in [0.15, 0.2) is 217 Å². The fourth-order valence-corrected chi connectivity index (χ4v) is 8.45. The fourth-order valence-electron chi connectivity index (χ4n) is 8.45. The molecular weight excluding hydrogens is 683 g/mol. The first-order chi connectivity index (χ1) is 27.8. The second-order valence-electron chi connectivity index (χ2n) is 14.2. The highest BCUT2D eigenvalue weighted by Crippen LogP contribution is 2.49. The third-order valence-electron chi connectivity index (χ3n) is 10.9. The molecule has 2 aromatic heterocycles. The molecule has 0 radical (unpaired) electrons. The van der Waals surface area contributed by atoms with Crippen molar-refractivity contribution in [3.05, 3.63) is 212 Å². The maximum Gasteiger partial charge on any atom is 0.159 e. The molecule has 56 heavy (non-hydrogen) atoms. The van der Waals surface area contributed by atoms with Gasteiger partial charge in [0, 0.05) is 44.3 Å². The normalized spacial score (nSPS) is 11.6. The van der Waals surface area contributed by atoms with Crippen molar-refractivity contribution in [2.45, 2.75) is 0 Å². The summed E-state index contributed by atoms with van der Waals surface area (Å²) in [6.45, 7) is 0. The molecule has 0 fully saturated rings. The van der Waals surface area contributed by atoms with Crippen molar-refractivity contribution in [2.75, 3.05) is 9.80 Å². The van der Waals surface area contributed by atoms with Gasteiger partial charge in [0.25, 0.3) is 0 Å². The first-order valence-electron chi connectivity index (χ1n) is 19.0. The van der Waals surface area contributed by atoms with E-state index >= 15 is 0 Å². The molecule has 264 valence electrons. The largest absolute Gasteiger partial charge is 0.454 e. The number of rotatable bonds is 7. The molecule has 0 aliphatic heterocycles. The molecule has 0 atom stereocenters. The Morgan fingerprint density at radius 3 is 1.64 bits per heavy atom. The van der Waals surface area contributed by atoms with Gasteiger partial charge in [-0.25, -0.2) is 0 Å². The number of hydrogen-bond acceptors (Lipinski definition) is 3. The third-order valence-corrected chi connectivity index (χ3v) is 10.9. The minimum Gasteiger partial charge on any atom is -0.454 e. The zero-order valence-electron chi connectivity index (χ0n) is 30.5. The number of nitrogens with zero attached hydrogens (tertiary/aromatic N) is 3. The van der Waals surface area contributed by atoms with Crippen LogP contribution >= 0.6 is 0 Å². The lowest BCUT2D eigenvalue weighted by atomic mass is 10.0. The van der Waals surface area contributed by atoms with Crippen LogP contribution in [0, 0.1) is 0 Å². The van der Waals surface area contributed by atoms with E-state index in [1.807, 2.05) is 6.07 Å². The molecule has 0 unspecified atom stereocenters. The zero-order chi connectivity index (χ0) is 37.0. The quantitative estimate of drug-likeness (QED) is 0.164. The minimum absolute atomic E-state index is 0.845. The molecule has 11 aromatic rings. The number of anilines is 6. The molecule has 0 amide bonds. The van der Waals surface area contributed by atoms with Crippen molar-refractivity contribution in [1.82, 2.24) is 4.57 Å². The number of benzene rings is 9. The van der Waals surface area contributed by atoms with Gasteiger partial charge in [0.15, 0.2) is 5.58 Å². The predicted molar refractivity (Wildman–Crippen MR) is 235 cm³/mol. The Balaban J connectivity index is 1.29. The molecule has 0 saturated carbocycles. The Morgan fingerprint density at radius 2 is 0.929 bits per heavy atom. The average Bonchev–Trinajstić information content (AvgIpc) is 3.81. The third kappa shape index (κ3) is 5.15. The summed E-state index contributed by atoms with van der Waals surface area (Å²) >= 11 is 0. The summed E-state index contributed by atoms with van der Waals surface area (Å²) in [6.07, 6.45) is 0. The maximum atomic E-state index is 6.74. The van der Waals surface area contributed by atoms with Gasteiger partial charge in [-0.15, -0.1) is 0 Å². The van der Waals surface area contributed by atoms with Crippen LogP contribution < -0.4 is 9.80 Å². The Hall–Kier alpha value is -7.56. The Bertz CT molecular complexity index is 3160. The topological polar surface area (TPSA) is 24.6 Å². The first-order valence-corrected chi connectivity index (χ1v) is 19.0. The summed E-state index contributed by atoms with van der Waals surface area (Å²) in [7, 11) is 0. The lowest BCUT2D eigenvalue weighted by Crippen LogP contribution is -2.14. The zero-order valence-corrected chi connectivity index (χ0v) is 30.5. The van der Waals surface area contributed by atoms with Gasteiger partial charge in [0.1, 0.15) is 5.58 Å². The summed E-state index contributed by atoms with van der Waals surface area (Å²) in [5.74, 6) is 0. The summed E-state index contributed by atoms with van der Waals surface area (Å²) in [5, 5.41) is 6.95. The number of para-hydroxylation sites is 6.